The first-order valence-corrected chi connectivity index (χ1v) is 6.58. The lowest BCUT2D eigenvalue weighted by Gasteiger charge is -2.11. The van der Waals surface area contributed by atoms with Gasteiger partial charge < -0.3 is 0 Å². The molecule has 7 heteroatoms. The number of rotatable bonds is 4. The summed E-state index contributed by atoms with van der Waals surface area (Å²) in [5, 5.41) is 0.361. The third-order valence-corrected chi connectivity index (χ3v) is 3.34. The SMILES string of the molecule is Cc1cc(NS(=O)(=O)NC(C)C)cnc1Cl. The Hall–Kier alpha value is -0.850. The molecule has 0 amide bonds. The van der Waals surface area contributed by atoms with Crippen LogP contribution in [0.3, 0.4) is 0 Å². The maximum absolute atomic E-state index is 11.5. The number of aromatic nitrogens is 1. The molecular weight excluding hydrogens is 250 g/mol. The Morgan fingerprint density at radius 3 is 2.56 bits per heavy atom. The summed E-state index contributed by atoms with van der Waals surface area (Å²) >= 11 is 5.73. The standard InChI is InChI=1S/C9H14ClN3O2S/c1-6(2)12-16(14,15)13-8-4-7(3)9(10)11-5-8/h4-6,12-13H,1-3H3. The third kappa shape index (κ3) is 3.96. The summed E-state index contributed by atoms with van der Waals surface area (Å²) in [5.41, 5.74) is 1.10. The minimum Gasteiger partial charge on any atom is -0.270 e. The monoisotopic (exact) mass is 263 g/mol. The fourth-order valence-corrected chi connectivity index (χ4v) is 2.31. The van der Waals surface area contributed by atoms with Crippen LogP contribution in [0.1, 0.15) is 19.4 Å². The van der Waals surface area contributed by atoms with Gasteiger partial charge in [-0.1, -0.05) is 11.6 Å². The van der Waals surface area contributed by atoms with Crippen LogP contribution in [0.25, 0.3) is 0 Å². The van der Waals surface area contributed by atoms with Gasteiger partial charge in [-0.05, 0) is 32.4 Å². The molecule has 90 valence electrons. The number of aryl methyl sites for hydroxylation is 1. The van der Waals surface area contributed by atoms with E-state index in [1.54, 1.807) is 26.8 Å². The van der Waals surface area contributed by atoms with Crippen molar-refractivity contribution in [3.05, 3.63) is 23.0 Å². The first kappa shape index (κ1) is 13.2. The second kappa shape index (κ2) is 4.99. The van der Waals surface area contributed by atoms with Crippen LogP contribution in [0.4, 0.5) is 5.69 Å². The van der Waals surface area contributed by atoms with Crippen molar-refractivity contribution in [1.82, 2.24) is 9.71 Å². The van der Waals surface area contributed by atoms with Crippen LogP contribution in [0, 0.1) is 6.92 Å². The van der Waals surface area contributed by atoms with Crippen molar-refractivity contribution in [1.29, 1.82) is 0 Å². The zero-order chi connectivity index (χ0) is 12.3. The number of pyridine rings is 1. The van der Waals surface area contributed by atoms with E-state index in [-0.39, 0.29) is 6.04 Å². The highest BCUT2D eigenvalue weighted by Crippen LogP contribution is 2.16. The Labute approximate surface area is 100 Å². The number of halogens is 1. The highest BCUT2D eigenvalue weighted by atomic mass is 35.5. The molecule has 1 aromatic heterocycles. The average Bonchev–Trinajstić information content (AvgIpc) is 2.08. The number of nitrogens with zero attached hydrogens (tertiary/aromatic N) is 1. The normalized spacial score (nSPS) is 11.8. The van der Waals surface area contributed by atoms with Crippen molar-refractivity contribution < 1.29 is 8.42 Å². The fraction of sp³-hybridized carbons (Fsp3) is 0.444. The van der Waals surface area contributed by atoms with Gasteiger partial charge in [0.2, 0.25) is 0 Å². The van der Waals surface area contributed by atoms with Gasteiger partial charge >= 0.3 is 0 Å². The summed E-state index contributed by atoms with van der Waals surface area (Å²) in [6.45, 7) is 5.23. The second-order valence-electron chi connectivity index (χ2n) is 3.71. The molecule has 0 fully saturated rings. The minimum atomic E-state index is -3.55. The molecule has 1 heterocycles. The number of hydrogen-bond acceptors (Lipinski definition) is 3. The molecule has 5 nitrogen and oxygen atoms in total. The molecule has 0 saturated carbocycles. The molecule has 1 rings (SSSR count). The minimum absolute atomic E-state index is 0.168. The molecule has 0 bridgehead atoms. The lowest BCUT2D eigenvalue weighted by atomic mass is 10.3. The highest BCUT2D eigenvalue weighted by Gasteiger charge is 2.11. The van der Waals surface area contributed by atoms with E-state index in [2.05, 4.69) is 14.4 Å². The molecule has 0 spiro atoms. The number of anilines is 1. The highest BCUT2D eigenvalue weighted by molar-refractivity contribution is 7.90. The Morgan fingerprint density at radius 1 is 1.44 bits per heavy atom. The van der Waals surface area contributed by atoms with E-state index in [1.807, 2.05) is 0 Å². The summed E-state index contributed by atoms with van der Waals surface area (Å²) in [4.78, 5) is 3.85. The second-order valence-corrected chi connectivity index (χ2v) is 5.51. The first-order valence-electron chi connectivity index (χ1n) is 4.72. The summed E-state index contributed by atoms with van der Waals surface area (Å²) < 4.78 is 27.8. The van der Waals surface area contributed by atoms with Crippen molar-refractivity contribution in [3.63, 3.8) is 0 Å². The predicted molar refractivity (Wildman–Crippen MR) is 64.8 cm³/mol. The van der Waals surface area contributed by atoms with Crippen LogP contribution in [0.2, 0.25) is 5.15 Å². The van der Waals surface area contributed by atoms with Crippen LogP contribution in [-0.4, -0.2) is 19.4 Å². The zero-order valence-electron chi connectivity index (χ0n) is 9.28. The molecule has 16 heavy (non-hydrogen) atoms. The van der Waals surface area contributed by atoms with Crippen molar-refractivity contribution >= 4 is 27.5 Å². The first-order chi connectivity index (χ1) is 7.30. The molecule has 0 atom stereocenters. The van der Waals surface area contributed by atoms with Crippen molar-refractivity contribution in [3.8, 4) is 0 Å². The molecule has 1 aromatic rings. The fourth-order valence-electron chi connectivity index (χ4n) is 1.11. The van der Waals surface area contributed by atoms with Gasteiger partial charge in [0, 0.05) is 6.04 Å². The van der Waals surface area contributed by atoms with E-state index in [0.717, 1.165) is 0 Å². The Balaban J connectivity index is 2.84. The topological polar surface area (TPSA) is 71.1 Å². The summed E-state index contributed by atoms with van der Waals surface area (Å²) in [7, 11) is -3.55. The smallest absolute Gasteiger partial charge is 0.270 e. The van der Waals surface area contributed by atoms with Gasteiger partial charge in [0.1, 0.15) is 5.15 Å². The van der Waals surface area contributed by atoms with Crippen LogP contribution in [0.15, 0.2) is 12.3 Å². The summed E-state index contributed by atoms with van der Waals surface area (Å²) in [6, 6.07) is 1.45. The van der Waals surface area contributed by atoms with Gasteiger partial charge in [0.25, 0.3) is 10.2 Å². The van der Waals surface area contributed by atoms with Crippen LogP contribution in [0.5, 0.6) is 0 Å². The lowest BCUT2D eigenvalue weighted by molar-refractivity contribution is 0.575. The Bertz CT molecular complexity index is 474. The van der Waals surface area contributed by atoms with Crippen molar-refractivity contribution in [2.45, 2.75) is 26.8 Å². The van der Waals surface area contributed by atoms with Gasteiger partial charge in [0.15, 0.2) is 0 Å². The van der Waals surface area contributed by atoms with E-state index >= 15 is 0 Å². The molecule has 0 aliphatic carbocycles. The summed E-state index contributed by atoms with van der Waals surface area (Å²) in [6.07, 6.45) is 1.37. The van der Waals surface area contributed by atoms with Crippen LogP contribution < -0.4 is 9.44 Å². The molecule has 0 saturated heterocycles. The van der Waals surface area contributed by atoms with Gasteiger partial charge in [-0.15, -0.1) is 0 Å². The maximum atomic E-state index is 11.5. The molecule has 0 unspecified atom stereocenters. The van der Waals surface area contributed by atoms with E-state index in [4.69, 9.17) is 11.6 Å². The van der Waals surface area contributed by atoms with E-state index in [1.165, 1.54) is 6.20 Å². The maximum Gasteiger partial charge on any atom is 0.299 e. The molecule has 0 radical (unpaired) electrons. The lowest BCUT2D eigenvalue weighted by Crippen LogP contribution is -2.35. The zero-order valence-corrected chi connectivity index (χ0v) is 10.9. The van der Waals surface area contributed by atoms with E-state index in [9.17, 15) is 8.42 Å². The Kier molecular flexibility index (Phi) is 4.12. The van der Waals surface area contributed by atoms with E-state index in [0.29, 0.717) is 16.4 Å². The molecule has 2 N–H and O–H groups in total. The van der Waals surface area contributed by atoms with Gasteiger partial charge in [0.05, 0.1) is 11.9 Å². The predicted octanol–water partition coefficient (Wildman–Crippen LogP) is 1.70. The van der Waals surface area contributed by atoms with Gasteiger partial charge in [-0.25, -0.2) is 4.98 Å². The van der Waals surface area contributed by atoms with Crippen LogP contribution in [-0.2, 0) is 10.2 Å². The largest absolute Gasteiger partial charge is 0.299 e. The van der Waals surface area contributed by atoms with Gasteiger partial charge in [-0.3, -0.25) is 4.72 Å². The quantitative estimate of drug-likeness (QED) is 0.813. The molecule has 0 aliphatic heterocycles. The van der Waals surface area contributed by atoms with Crippen molar-refractivity contribution in [2.75, 3.05) is 4.72 Å². The summed E-state index contributed by atoms with van der Waals surface area (Å²) in [5.74, 6) is 0. The van der Waals surface area contributed by atoms with E-state index < -0.39 is 10.2 Å². The van der Waals surface area contributed by atoms with Crippen molar-refractivity contribution in [2.24, 2.45) is 0 Å². The number of nitrogens with one attached hydrogen (secondary N) is 2. The molecular formula is C9H14ClN3O2S. The molecule has 0 aromatic carbocycles. The van der Waals surface area contributed by atoms with Crippen LogP contribution >= 0.6 is 11.6 Å². The third-order valence-electron chi connectivity index (χ3n) is 1.66. The average molecular weight is 264 g/mol. The number of hydrogen-bond donors (Lipinski definition) is 2. The Morgan fingerprint density at radius 2 is 2.06 bits per heavy atom. The molecule has 0 aliphatic rings. The van der Waals surface area contributed by atoms with Gasteiger partial charge in [-0.2, -0.15) is 13.1 Å².